The first-order chi connectivity index (χ1) is 35.5. The standard InChI is InChI=1S/C66H110O6/c1-4-7-10-13-16-19-22-25-28-31-33-35-38-41-44-47-50-53-56-59-65(68)71-62-63(61-70-64(67)58-55-52-49-46-43-40-37-30-27-24-21-18-15-12-9-6-3)72-66(69)60-57-54-51-48-45-42-39-36-34-32-29-26-23-20-17-14-11-8-5-2/h7,9-10,12,16,18-19,21,25,27-28,30,33,35,41,44,50,53,63H,4-6,8,11,13-15,17,20,22-24,26,29,31-32,34,36-40,42-43,45-49,51-52,54-62H2,1-3H3/b10-7-,12-9-,19-16-,21-18-,28-25-,30-27-,35-33-,44-41-,53-50-. The van der Waals surface area contributed by atoms with Crippen LogP contribution in [-0.2, 0) is 28.6 Å². The Morgan fingerprint density at radius 2 is 0.569 bits per heavy atom. The third-order valence-corrected chi connectivity index (χ3v) is 12.5. The van der Waals surface area contributed by atoms with Gasteiger partial charge < -0.3 is 14.2 Å². The smallest absolute Gasteiger partial charge is 0.306 e. The van der Waals surface area contributed by atoms with E-state index < -0.39 is 6.10 Å². The highest BCUT2D eigenvalue weighted by Gasteiger charge is 2.19. The molecular formula is C66H110O6. The lowest BCUT2D eigenvalue weighted by molar-refractivity contribution is -0.166. The van der Waals surface area contributed by atoms with Crippen LogP contribution < -0.4 is 0 Å². The van der Waals surface area contributed by atoms with E-state index >= 15 is 0 Å². The zero-order valence-corrected chi connectivity index (χ0v) is 46.9. The lowest BCUT2D eigenvalue weighted by Crippen LogP contribution is -2.30. The molecule has 0 saturated heterocycles. The largest absolute Gasteiger partial charge is 0.462 e. The van der Waals surface area contributed by atoms with E-state index in [4.69, 9.17) is 14.2 Å². The molecule has 0 aromatic carbocycles. The van der Waals surface area contributed by atoms with Gasteiger partial charge in [0, 0.05) is 19.3 Å². The Morgan fingerprint density at radius 1 is 0.292 bits per heavy atom. The van der Waals surface area contributed by atoms with Gasteiger partial charge in [0.25, 0.3) is 0 Å². The predicted octanol–water partition coefficient (Wildman–Crippen LogP) is 20.3. The fourth-order valence-electron chi connectivity index (χ4n) is 8.13. The summed E-state index contributed by atoms with van der Waals surface area (Å²) in [6.07, 6.45) is 81.0. The summed E-state index contributed by atoms with van der Waals surface area (Å²) >= 11 is 0. The Hall–Kier alpha value is -3.93. The van der Waals surface area contributed by atoms with Crippen molar-refractivity contribution in [3.63, 3.8) is 0 Å². The molecule has 0 aromatic rings. The molecule has 0 bridgehead atoms. The SMILES string of the molecule is CC/C=C\C/C=C\C/C=C\C/C=C\C/C=C\C/C=C\CCC(=O)OCC(COC(=O)CCCCCCCC/C=C\C/C=C\C/C=C\CC)OC(=O)CCCCCCCCCCCCCCCCCCCCC. The van der Waals surface area contributed by atoms with Crippen molar-refractivity contribution in [1.29, 1.82) is 0 Å². The molecule has 0 aliphatic rings. The number of carbonyl (C=O) groups is 3. The maximum atomic E-state index is 12.9. The maximum absolute atomic E-state index is 12.9. The van der Waals surface area contributed by atoms with Crippen LogP contribution in [0.15, 0.2) is 109 Å². The average Bonchev–Trinajstić information content (AvgIpc) is 3.38. The normalized spacial score (nSPS) is 12.9. The molecule has 0 aliphatic heterocycles. The maximum Gasteiger partial charge on any atom is 0.306 e. The second-order valence-corrected chi connectivity index (χ2v) is 19.5. The van der Waals surface area contributed by atoms with Gasteiger partial charge in [0.05, 0.1) is 0 Å². The van der Waals surface area contributed by atoms with E-state index in [1.54, 1.807) is 0 Å². The van der Waals surface area contributed by atoms with Crippen molar-refractivity contribution in [3.05, 3.63) is 109 Å². The molecule has 0 rings (SSSR count). The van der Waals surface area contributed by atoms with E-state index in [9.17, 15) is 14.4 Å². The van der Waals surface area contributed by atoms with Crippen LogP contribution in [0.4, 0.5) is 0 Å². The van der Waals surface area contributed by atoms with Crippen LogP contribution in [0.25, 0.3) is 0 Å². The van der Waals surface area contributed by atoms with Gasteiger partial charge in [-0.1, -0.05) is 271 Å². The van der Waals surface area contributed by atoms with Crippen molar-refractivity contribution in [2.24, 2.45) is 0 Å². The fraction of sp³-hybridized carbons (Fsp3) is 0.682. The van der Waals surface area contributed by atoms with Crippen LogP contribution in [0, 0.1) is 0 Å². The Kier molecular flexibility index (Phi) is 56.4. The molecule has 72 heavy (non-hydrogen) atoms. The van der Waals surface area contributed by atoms with Gasteiger partial charge in [0.1, 0.15) is 13.2 Å². The van der Waals surface area contributed by atoms with E-state index in [1.807, 2.05) is 6.08 Å². The highest BCUT2D eigenvalue weighted by molar-refractivity contribution is 5.71. The van der Waals surface area contributed by atoms with Crippen molar-refractivity contribution >= 4 is 17.9 Å². The molecule has 0 heterocycles. The summed E-state index contributed by atoms with van der Waals surface area (Å²) in [6, 6.07) is 0. The summed E-state index contributed by atoms with van der Waals surface area (Å²) in [5.41, 5.74) is 0. The summed E-state index contributed by atoms with van der Waals surface area (Å²) < 4.78 is 16.8. The van der Waals surface area contributed by atoms with Gasteiger partial charge in [-0.15, -0.1) is 0 Å². The van der Waals surface area contributed by atoms with Crippen LogP contribution in [-0.4, -0.2) is 37.2 Å². The minimum Gasteiger partial charge on any atom is -0.462 e. The minimum atomic E-state index is -0.815. The first kappa shape index (κ1) is 68.1. The molecule has 410 valence electrons. The molecule has 1 unspecified atom stereocenters. The zero-order valence-electron chi connectivity index (χ0n) is 46.9. The second kappa shape index (κ2) is 59.6. The van der Waals surface area contributed by atoms with Crippen molar-refractivity contribution in [2.75, 3.05) is 13.2 Å². The molecular weight excluding hydrogens is 889 g/mol. The van der Waals surface area contributed by atoms with Gasteiger partial charge in [0.2, 0.25) is 0 Å². The highest BCUT2D eigenvalue weighted by Crippen LogP contribution is 2.16. The summed E-state index contributed by atoms with van der Waals surface area (Å²) in [5, 5.41) is 0. The third-order valence-electron chi connectivity index (χ3n) is 12.5. The molecule has 0 radical (unpaired) electrons. The molecule has 1 atom stereocenters. The predicted molar refractivity (Wildman–Crippen MR) is 311 cm³/mol. The first-order valence-corrected chi connectivity index (χ1v) is 29.9. The monoisotopic (exact) mass is 999 g/mol. The van der Waals surface area contributed by atoms with Gasteiger partial charge >= 0.3 is 17.9 Å². The summed E-state index contributed by atoms with van der Waals surface area (Å²) in [4.78, 5) is 38.2. The number of carbonyl (C=O) groups excluding carboxylic acids is 3. The fourth-order valence-corrected chi connectivity index (χ4v) is 8.13. The summed E-state index contributed by atoms with van der Waals surface area (Å²) in [5.74, 6) is -1.00. The first-order valence-electron chi connectivity index (χ1n) is 29.9. The minimum absolute atomic E-state index is 0.108. The molecule has 0 aromatic heterocycles. The van der Waals surface area contributed by atoms with Gasteiger partial charge in [0.15, 0.2) is 6.10 Å². The number of allylic oxidation sites excluding steroid dienone is 18. The molecule has 0 spiro atoms. The zero-order chi connectivity index (χ0) is 52.2. The molecule has 6 nitrogen and oxygen atoms in total. The van der Waals surface area contributed by atoms with Crippen molar-refractivity contribution in [2.45, 2.75) is 277 Å². The van der Waals surface area contributed by atoms with E-state index in [0.29, 0.717) is 19.3 Å². The number of esters is 3. The molecule has 0 amide bonds. The molecule has 0 N–H and O–H groups in total. The Labute approximate surface area is 444 Å². The molecule has 0 saturated carbocycles. The molecule has 6 heteroatoms. The van der Waals surface area contributed by atoms with E-state index in [1.165, 1.54) is 116 Å². The van der Waals surface area contributed by atoms with Crippen LogP contribution in [0.3, 0.4) is 0 Å². The average molecular weight is 1000 g/mol. The van der Waals surface area contributed by atoms with E-state index in [2.05, 4.69) is 124 Å². The number of ether oxygens (including phenoxy) is 3. The number of rotatable bonds is 53. The summed E-state index contributed by atoms with van der Waals surface area (Å²) in [7, 11) is 0. The quantitative estimate of drug-likeness (QED) is 0.0261. The van der Waals surface area contributed by atoms with E-state index in [0.717, 1.165) is 109 Å². The Balaban J connectivity index is 4.50. The van der Waals surface area contributed by atoms with Gasteiger partial charge in [-0.3, -0.25) is 14.4 Å². The summed E-state index contributed by atoms with van der Waals surface area (Å²) in [6.45, 7) is 6.36. The van der Waals surface area contributed by atoms with Crippen molar-refractivity contribution in [1.82, 2.24) is 0 Å². The van der Waals surface area contributed by atoms with Crippen LogP contribution in [0.5, 0.6) is 0 Å². The lowest BCUT2D eigenvalue weighted by atomic mass is 10.0. The van der Waals surface area contributed by atoms with Crippen LogP contribution >= 0.6 is 0 Å². The van der Waals surface area contributed by atoms with Gasteiger partial charge in [-0.2, -0.15) is 0 Å². The third kappa shape index (κ3) is 57.0. The second-order valence-electron chi connectivity index (χ2n) is 19.5. The highest BCUT2D eigenvalue weighted by atomic mass is 16.6. The van der Waals surface area contributed by atoms with Gasteiger partial charge in [-0.25, -0.2) is 0 Å². The number of hydrogen-bond acceptors (Lipinski definition) is 6. The van der Waals surface area contributed by atoms with Crippen LogP contribution in [0.2, 0.25) is 0 Å². The molecule has 0 aliphatic carbocycles. The molecule has 0 fully saturated rings. The lowest BCUT2D eigenvalue weighted by Gasteiger charge is -2.18. The Bertz CT molecular complexity index is 1470. The van der Waals surface area contributed by atoms with Crippen molar-refractivity contribution < 1.29 is 28.6 Å². The number of unbranched alkanes of at least 4 members (excludes halogenated alkanes) is 24. The van der Waals surface area contributed by atoms with Gasteiger partial charge in [-0.05, 0) is 89.9 Å². The Morgan fingerprint density at radius 3 is 0.931 bits per heavy atom. The number of hydrogen-bond donors (Lipinski definition) is 0. The van der Waals surface area contributed by atoms with Crippen LogP contribution in [0.1, 0.15) is 271 Å². The van der Waals surface area contributed by atoms with Crippen molar-refractivity contribution in [3.8, 4) is 0 Å². The van der Waals surface area contributed by atoms with E-state index in [-0.39, 0.29) is 37.5 Å². The topological polar surface area (TPSA) is 78.9 Å².